The van der Waals surface area contributed by atoms with Gasteiger partial charge in [0.25, 0.3) is 0 Å². The summed E-state index contributed by atoms with van der Waals surface area (Å²) < 4.78 is 0. The largest absolute Gasteiger partial charge is 0.300 e. The molecule has 1 aliphatic carbocycles. The van der Waals surface area contributed by atoms with E-state index in [4.69, 9.17) is 0 Å². The van der Waals surface area contributed by atoms with E-state index in [2.05, 4.69) is 35.2 Å². The molecule has 1 saturated heterocycles. The standard InChI is InChI=1S/C16H23N/c1-2-6-14(7-3-1)12-16-8-4-5-11-17(16)13-15-9-10-15/h1-3,6-7,15-16H,4-5,8-13H2. The van der Waals surface area contributed by atoms with E-state index in [9.17, 15) is 0 Å². The molecule has 0 N–H and O–H groups in total. The molecule has 2 fully saturated rings. The van der Waals surface area contributed by atoms with Gasteiger partial charge in [-0.2, -0.15) is 0 Å². The monoisotopic (exact) mass is 229 g/mol. The third kappa shape index (κ3) is 3.10. The maximum atomic E-state index is 2.77. The van der Waals surface area contributed by atoms with Gasteiger partial charge in [-0.25, -0.2) is 0 Å². The molecule has 1 heteroatoms. The number of hydrogen-bond donors (Lipinski definition) is 0. The molecule has 0 amide bonds. The molecular weight excluding hydrogens is 206 g/mol. The summed E-state index contributed by atoms with van der Waals surface area (Å²) in [5.41, 5.74) is 1.51. The van der Waals surface area contributed by atoms with Crippen LogP contribution in [0, 0.1) is 5.92 Å². The number of piperidine rings is 1. The summed E-state index contributed by atoms with van der Waals surface area (Å²) >= 11 is 0. The third-order valence-electron chi connectivity index (χ3n) is 4.25. The molecule has 1 unspecified atom stereocenters. The summed E-state index contributed by atoms with van der Waals surface area (Å²) in [6, 6.07) is 11.8. The van der Waals surface area contributed by atoms with Crippen molar-refractivity contribution in [3.8, 4) is 0 Å². The van der Waals surface area contributed by atoms with E-state index in [1.807, 2.05) is 0 Å². The summed E-state index contributed by atoms with van der Waals surface area (Å²) in [5, 5.41) is 0. The summed E-state index contributed by atoms with van der Waals surface area (Å²) in [5.74, 6) is 1.03. The van der Waals surface area contributed by atoms with Gasteiger partial charge in [-0.05, 0) is 50.1 Å². The molecule has 1 aromatic rings. The van der Waals surface area contributed by atoms with Gasteiger partial charge in [0, 0.05) is 12.6 Å². The minimum Gasteiger partial charge on any atom is -0.300 e. The van der Waals surface area contributed by atoms with Crippen molar-refractivity contribution >= 4 is 0 Å². The maximum absolute atomic E-state index is 2.77. The SMILES string of the molecule is c1ccc(CC2CCCCN2CC2CC2)cc1. The predicted octanol–water partition coefficient (Wildman–Crippen LogP) is 3.49. The Morgan fingerprint density at radius 1 is 1.00 bits per heavy atom. The predicted molar refractivity (Wildman–Crippen MR) is 72.1 cm³/mol. The van der Waals surface area contributed by atoms with E-state index in [-0.39, 0.29) is 0 Å². The minimum atomic E-state index is 0.812. The van der Waals surface area contributed by atoms with Crippen molar-refractivity contribution in [2.45, 2.75) is 44.6 Å². The lowest BCUT2D eigenvalue weighted by molar-refractivity contribution is 0.141. The average molecular weight is 229 g/mol. The van der Waals surface area contributed by atoms with Crippen LogP contribution in [0.15, 0.2) is 30.3 Å². The molecule has 1 aromatic carbocycles. The first-order valence-electron chi connectivity index (χ1n) is 7.20. The quantitative estimate of drug-likeness (QED) is 0.764. The molecule has 1 aliphatic heterocycles. The van der Waals surface area contributed by atoms with Gasteiger partial charge in [0.1, 0.15) is 0 Å². The Bertz CT molecular complexity index is 342. The number of hydrogen-bond acceptors (Lipinski definition) is 1. The van der Waals surface area contributed by atoms with E-state index < -0.39 is 0 Å². The second-order valence-corrected chi connectivity index (χ2v) is 5.78. The fraction of sp³-hybridized carbons (Fsp3) is 0.625. The highest BCUT2D eigenvalue weighted by atomic mass is 15.2. The summed E-state index contributed by atoms with van der Waals surface area (Å²) in [7, 11) is 0. The molecule has 0 radical (unpaired) electrons. The van der Waals surface area contributed by atoms with Gasteiger partial charge < -0.3 is 0 Å². The molecule has 1 nitrogen and oxygen atoms in total. The van der Waals surface area contributed by atoms with Gasteiger partial charge in [0.05, 0.1) is 0 Å². The minimum absolute atomic E-state index is 0.812. The highest BCUT2D eigenvalue weighted by Gasteiger charge is 2.29. The van der Waals surface area contributed by atoms with Crippen LogP contribution in [-0.4, -0.2) is 24.0 Å². The Morgan fingerprint density at radius 2 is 1.82 bits per heavy atom. The second-order valence-electron chi connectivity index (χ2n) is 5.78. The van der Waals surface area contributed by atoms with Gasteiger partial charge >= 0.3 is 0 Å². The zero-order valence-electron chi connectivity index (χ0n) is 10.6. The number of nitrogens with zero attached hydrogens (tertiary/aromatic N) is 1. The van der Waals surface area contributed by atoms with Gasteiger partial charge in [0.15, 0.2) is 0 Å². The zero-order chi connectivity index (χ0) is 11.5. The van der Waals surface area contributed by atoms with E-state index in [1.165, 1.54) is 57.2 Å². The molecule has 1 heterocycles. The van der Waals surface area contributed by atoms with Crippen molar-refractivity contribution in [2.24, 2.45) is 5.92 Å². The van der Waals surface area contributed by atoms with Crippen LogP contribution in [0.1, 0.15) is 37.7 Å². The van der Waals surface area contributed by atoms with Crippen molar-refractivity contribution < 1.29 is 0 Å². The summed E-state index contributed by atoms with van der Waals surface area (Å²) in [4.78, 5) is 2.77. The highest BCUT2D eigenvalue weighted by molar-refractivity contribution is 5.16. The molecule has 1 saturated carbocycles. The van der Waals surface area contributed by atoms with Gasteiger partial charge in [-0.15, -0.1) is 0 Å². The van der Waals surface area contributed by atoms with E-state index >= 15 is 0 Å². The van der Waals surface area contributed by atoms with E-state index in [0.717, 1.165) is 12.0 Å². The smallest absolute Gasteiger partial charge is 0.0136 e. The van der Waals surface area contributed by atoms with Gasteiger partial charge in [-0.1, -0.05) is 36.8 Å². The van der Waals surface area contributed by atoms with Crippen LogP contribution in [0.5, 0.6) is 0 Å². The first kappa shape index (κ1) is 11.3. The van der Waals surface area contributed by atoms with Crippen LogP contribution >= 0.6 is 0 Å². The maximum Gasteiger partial charge on any atom is 0.0136 e. The lowest BCUT2D eigenvalue weighted by Gasteiger charge is -2.36. The highest BCUT2D eigenvalue weighted by Crippen LogP contribution is 2.32. The number of rotatable bonds is 4. The fourth-order valence-corrected chi connectivity index (χ4v) is 3.05. The summed E-state index contributed by atoms with van der Waals surface area (Å²) in [6.45, 7) is 2.71. The molecular formula is C16H23N. The average Bonchev–Trinajstić information content (AvgIpc) is 3.17. The normalized spacial score (nSPS) is 26.0. The fourth-order valence-electron chi connectivity index (χ4n) is 3.05. The van der Waals surface area contributed by atoms with Crippen LogP contribution in [-0.2, 0) is 6.42 Å². The Hall–Kier alpha value is -0.820. The van der Waals surface area contributed by atoms with Crippen molar-refractivity contribution in [3.05, 3.63) is 35.9 Å². The number of likely N-dealkylation sites (tertiary alicyclic amines) is 1. The van der Waals surface area contributed by atoms with Gasteiger partial charge in [0.2, 0.25) is 0 Å². The molecule has 0 aromatic heterocycles. The van der Waals surface area contributed by atoms with E-state index in [0.29, 0.717) is 0 Å². The van der Waals surface area contributed by atoms with Crippen LogP contribution in [0.2, 0.25) is 0 Å². The van der Waals surface area contributed by atoms with E-state index in [1.54, 1.807) is 0 Å². The molecule has 3 rings (SSSR count). The zero-order valence-corrected chi connectivity index (χ0v) is 10.6. The molecule has 2 aliphatic rings. The van der Waals surface area contributed by atoms with Crippen molar-refractivity contribution in [1.29, 1.82) is 0 Å². The molecule has 17 heavy (non-hydrogen) atoms. The third-order valence-corrected chi connectivity index (χ3v) is 4.25. The van der Waals surface area contributed by atoms with Crippen LogP contribution in [0.25, 0.3) is 0 Å². The summed E-state index contributed by atoms with van der Waals surface area (Å²) in [6.07, 6.45) is 8.47. The Labute approximate surface area is 105 Å². The Morgan fingerprint density at radius 3 is 2.59 bits per heavy atom. The first-order chi connectivity index (χ1) is 8.42. The van der Waals surface area contributed by atoms with Crippen molar-refractivity contribution in [1.82, 2.24) is 4.90 Å². The van der Waals surface area contributed by atoms with Crippen LogP contribution in [0.3, 0.4) is 0 Å². The van der Waals surface area contributed by atoms with Gasteiger partial charge in [-0.3, -0.25) is 4.90 Å². The van der Waals surface area contributed by atoms with Crippen LogP contribution < -0.4 is 0 Å². The van der Waals surface area contributed by atoms with Crippen molar-refractivity contribution in [3.63, 3.8) is 0 Å². The number of benzene rings is 1. The molecule has 0 spiro atoms. The topological polar surface area (TPSA) is 3.24 Å². The lowest BCUT2D eigenvalue weighted by Crippen LogP contribution is -2.42. The molecule has 1 atom stereocenters. The van der Waals surface area contributed by atoms with Crippen LogP contribution in [0.4, 0.5) is 0 Å². The molecule has 92 valence electrons. The second kappa shape index (κ2) is 5.22. The molecule has 0 bridgehead atoms. The Balaban J connectivity index is 1.62. The first-order valence-corrected chi connectivity index (χ1v) is 7.20. The van der Waals surface area contributed by atoms with Crippen molar-refractivity contribution in [2.75, 3.05) is 13.1 Å². The Kier molecular flexibility index (Phi) is 3.46. The lowest BCUT2D eigenvalue weighted by atomic mass is 9.95.